The minimum absolute atomic E-state index is 0.149. The Morgan fingerprint density at radius 2 is 1.83 bits per heavy atom. The van der Waals surface area contributed by atoms with Crippen LogP contribution >= 0.6 is 0 Å². The van der Waals surface area contributed by atoms with Crippen molar-refractivity contribution in [2.75, 3.05) is 0 Å². The van der Waals surface area contributed by atoms with Crippen LogP contribution in [0.15, 0.2) is 42.5 Å². The predicted octanol–water partition coefficient (Wildman–Crippen LogP) is 3.93. The number of ketones is 1. The van der Waals surface area contributed by atoms with Crippen LogP contribution in [0.3, 0.4) is 0 Å². The summed E-state index contributed by atoms with van der Waals surface area (Å²) in [6, 6.07) is 12.0. The van der Waals surface area contributed by atoms with Gasteiger partial charge in [0.15, 0.2) is 5.78 Å². The van der Waals surface area contributed by atoms with Gasteiger partial charge in [-0.1, -0.05) is 42.8 Å². The summed E-state index contributed by atoms with van der Waals surface area (Å²) in [7, 11) is 0. The molecule has 0 atom stereocenters. The molecule has 1 nitrogen and oxygen atoms in total. The first-order valence-corrected chi connectivity index (χ1v) is 6.02. The molecule has 0 saturated carbocycles. The number of halogens is 1. The van der Waals surface area contributed by atoms with E-state index in [2.05, 4.69) is 0 Å². The number of hydrogen-bond donors (Lipinski definition) is 0. The molecule has 0 aliphatic carbocycles. The highest BCUT2D eigenvalue weighted by Crippen LogP contribution is 2.18. The molecular weight excluding hydrogens is 227 g/mol. The van der Waals surface area contributed by atoms with Crippen molar-refractivity contribution < 1.29 is 9.18 Å². The third-order valence-corrected chi connectivity index (χ3v) is 3.01. The van der Waals surface area contributed by atoms with E-state index < -0.39 is 5.82 Å². The Morgan fingerprint density at radius 1 is 1.11 bits per heavy atom. The number of rotatable bonds is 3. The van der Waals surface area contributed by atoms with Crippen molar-refractivity contribution in [3.63, 3.8) is 0 Å². The molecule has 0 radical (unpaired) electrons. The van der Waals surface area contributed by atoms with Gasteiger partial charge >= 0.3 is 0 Å². The van der Waals surface area contributed by atoms with Crippen LogP contribution in [0.2, 0.25) is 0 Å². The number of hydrogen-bond acceptors (Lipinski definition) is 1. The van der Waals surface area contributed by atoms with Crippen molar-refractivity contribution >= 4 is 5.78 Å². The summed E-state index contributed by atoms with van der Waals surface area (Å²) in [5.74, 6) is -0.704. The Bertz CT molecular complexity index is 587. The predicted molar refractivity (Wildman–Crippen MR) is 70.4 cm³/mol. The summed E-state index contributed by atoms with van der Waals surface area (Å²) < 4.78 is 13.7. The molecule has 0 aliphatic rings. The molecule has 0 N–H and O–H groups in total. The fourth-order valence-electron chi connectivity index (χ4n) is 2.01. The molecule has 92 valence electrons. The van der Waals surface area contributed by atoms with Crippen molar-refractivity contribution in [2.45, 2.75) is 20.3 Å². The fourth-order valence-corrected chi connectivity index (χ4v) is 2.01. The van der Waals surface area contributed by atoms with Gasteiger partial charge in [0.05, 0.1) is 5.56 Å². The SMILES string of the molecule is CCc1ccccc1C(=O)c1cc(C)ccc1F. The van der Waals surface area contributed by atoms with Crippen molar-refractivity contribution in [2.24, 2.45) is 0 Å². The molecule has 0 saturated heterocycles. The van der Waals surface area contributed by atoms with Crippen molar-refractivity contribution in [3.05, 3.63) is 70.5 Å². The van der Waals surface area contributed by atoms with E-state index in [1.807, 2.05) is 26.0 Å². The van der Waals surface area contributed by atoms with Gasteiger partial charge in [-0.05, 0) is 31.0 Å². The average Bonchev–Trinajstić information content (AvgIpc) is 2.40. The molecule has 2 rings (SSSR count). The summed E-state index contributed by atoms with van der Waals surface area (Å²) in [5.41, 5.74) is 2.57. The molecule has 0 fully saturated rings. The normalized spacial score (nSPS) is 10.4. The van der Waals surface area contributed by atoms with Crippen molar-refractivity contribution in [3.8, 4) is 0 Å². The molecule has 0 spiro atoms. The third-order valence-electron chi connectivity index (χ3n) is 3.01. The zero-order chi connectivity index (χ0) is 13.1. The van der Waals surface area contributed by atoms with Gasteiger partial charge in [-0.15, -0.1) is 0 Å². The third kappa shape index (κ3) is 2.33. The molecule has 0 aliphatic heterocycles. The second-order valence-electron chi connectivity index (χ2n) is 4.32. The summed E-state index contributed by atoms with van der Waals surface area (Å²) in [6.45, 7) is 3.83. The number of carbonyl (C=O) groups is 1. The van der Waals surface area contributed by atoms with Gasteiger partial charge in [-0.25, -0.2) is 4.39 Å². The first-order chi connectivity index (χ1) is 8.63. The molecule has 0 unspecified atom stereocenters. The summed E-state index contributed by atoms with van der Waals surface area (Å²) in [4.78, 5) is 12.4. The van der Waals surface area contributed by atoms with Crippen LogP contribution in [0, 0.1) is 12.7 Å². The second kappa shape index (κ2) is 5.13. The van der Waals surface area contributed by atoms with Gasteiger partial charge < -0.3 is 0 Å². The lowest BCUT2D eigenvalue weighted by Crippen LogP contribution is -2.07. The smallest absolute Gasteiger partial charge is 0.196 e. The Labute approximate surface area is 106 Å². The van der Waals surface area contributed by atoms with Crippen LogP contribution < -0.4 is 0 Å². The maximum absolute atomic E-state index is 13.7. The molecule has 2 aromatic carbocycles. The van der Waals surface area contributed by atoms with Crippen molar-refractivity contribution in [1.82, 2.24) is 0 Å². The van der Waals surface area contributed by atoms with E-state index in [4.69, 9.17) is 0 Å². The first-order valence-electron chi connectivity index (χ1n) is 6.02. The molecule has 0 heterocycles. The van der Waals surface area contributed by atoms with E-state index >= 15 is 0 Å². The summed E-state index contributed by atoms with van der Waals surface area (Å²) in [6.07, 6.45) is 0.759. The van der Waals surface area contributed by atoms with E-state index in [9.17, 15) is 9.18 Å². The molecule has 0 amide bonds. The van der Waals surface area contributed by atoms with Crippen LogP contribution in [0.5, 0.6) is 0 Å². The van der Waals surface area contributed by atoms with Gasteiger partial charge in [0.1, 0.15) is 5.82 Å². The maximum atomic E-state index is 13.7. The topological polar surface area (TPSA) is 17.1 Å². The summed E-state index contributed by atoms with van der Waals surface area (Å²) >= 11 is 0. The molecule has 18 heavy (non-hydrogen) atoms. The van der Waals surface area contributed by atoms with Gasteiger partial charge in [0.2, 0.25) is 0 Å². The molecule has 2 heteroatoms. The van der Waals surface area contributed by atoms with Crippen LogP contribution in [0.25, 0.3) is 0 Å². The Morgan fingerprint density at radius 3 is 2.56 bits per heavy atom. The zero-order valence-electron chi connectivity index (χ0n) is 10.5. The number of benzene rings is 2. The molecule has 0 bridgehead atoms. The second-order valence-corrected chi connectivity index (χ2v) is 4.32. The Hall–Kier alpha value is -1.96. The quantitative estimate of drug-likeness (QED) is 0.745. The van der Waals surface area contributed by atoms with Crippen LogP contribution in [-0.2, 0) is 6.42 Å². The highest BCUT2D eigenvalue weighted by molar-refractivity contribution is 6.10. The highest BCUT2D eigenvalue weighted by Gasteiger charge is 2.16. The largest absolute Gasteiger partial charge is 0.288 e. The number of aryl methyl sites for hydroxylation is 2. The zero-order valence-corrected chi connectivity index (χ0v) is 10.5. The van der Waals surface area contributed by atoms with Crippen LogP contribution in [0.1, 0.15) is 34.0 Å². The van der Waals surface area contributed by atoms with E-state index in [1.165, 1.54) is 6.07 Å². The van der Waals surface area contributed by atoms with E-state index in [-0.39, 0.29) is 11.3 Å². The van der Waals surface area contributed by atoms with Crippen molar-refractivity contribution in [1.29, 1.82) is 0 Å². The monoisotopic (exact) mass is 242 g/mol. The molecular formula is C16H15FO. The minimum Gasteiger partial charge on any atom is -0.288 e. The van der Waals surface area contributed by atoms with E-state index in [0.717, 1.165) is 17.5 Å². The molecule has 0 aromatic heterocycles. The van der Waals surface area contributed by atoms with E-state index in [0.29, 0.717) is 5.56 Å². The van der Waals surface area contributed by atoms with E-state index in [1.54, 1.807) is 24.3 Å². The number of carbonyl (C=O) groups excluding carboxylic acids is 1. The van der Waals surface area contributed by atoms with Crippen LogP contribution in [-0.4, -0.2) is 5.78 Å². The highest BCUT2D eigenvalue weighted by atomic mass is 19.1. The van der Waals surface area contributed by atoms with Gasteiger partial charge in [-0.2, -0.15) is 0 Å². The van der Waals surface area contributed by atoms with Gasteiger partial charge in [0, 0.05) is 5.56 Å². The average molecular weight is 242 g/mol. The Balaban J connectivity index is 2.51. The standard InChI is InChI=1S/C16H15FO/c1-3-12-6-4-5-7-13(12)16(18)14-10-11(2)8-9-15(14)17/h4-10H,3H2,1-2H3. The lowest BCUT2D eigenvalue weighted by atomic mass is 9.96. The Kier molecular flexibility index (Phi) is 3.56. The van der Waals surface area contributed by atoms with Gasteiger partial charge in [-0.3, -0.25) is 4.79 Å². The minimum atomic E-state index is -0.462. The lowest BCUT2D eigenvalue weighted by molar-refractivity contribution is 0.103. The fraction of sp³-hybridized carbons (Fsp3) is 0.188. The first kappa shape index (κ1) is 12.5. The van der Waals surface area contributed by atoms with Crippen LogP contribution in [0.4, 0.5) is 4.39 Å². The summed E-state index contributed by atoms with van der Waals surface area (Å²) in [5, 5.41) is 0. The maximum Gasteiger partial charge on any atom is 0.196 e. The molecule has 2 aromatic rings. The lowest BCUT2D eigenvalue weighted by Gasteiger charge is -2.08. The van der Waals surface area contributed by atoms with Gasteiger partial charge in [0.25, 0.3) is 0 Å².